The number of hydrogen-bond acceptors (Lipinski definition) is 15. The van der Waals surface area contributed by atoms with Crippen molar-refractivity contribution < 1.29 is 62.5 Å². The largest absolute Gasteiger partial charge is 0.491 e. The first-order valence-electron chi connectivity index (χ1n) is 18.5. The third-order valence-corrected chi connectivity index (χ3v) is 9.19. The first-order valence-corrected chi connectivity index (χ1v) is 21.7. The normalized spacial score (nSPS) is 20.2. The summed E-state index contributed by atoms with van der Waals surface area (Å²) in [6, 6.07) is -1.03. The minimum Gasteiger partial charge on any atom is -0.491 e. The Morgan fingerprint density at radius 2 is 1.74 bits per heavy atom. The molecule has 2 aromatic heterocycles. The van der Waals surface area contributed by atoms with E-state index in [2.05, 4.69) is 27.5 Å². The zero-order valence-corrected chi connectivity index (χ0v) is 34.6. The van der Waals surface area contributed by atoms with E-state index in [1.807, 2.05) is 0 Å². The molecule has 3 amide bonds. The van der Waals surface area contributed by atoms with Gasteiger partial charge < -0.3 is 64.1 Å². The SMILES string of the molecule is C=C(C)OCc1oc(-n2cc(/C=C/C(=O)NCCCCCCNC(=O)CCCCOC3OC(CO)C(O)C(O)C3NC(C)=O)c(=O)[nH]c2=O)c(OC)c1OP(C)(O)=S. The molecule has 0 aliphatic carbocycles. The molecule has 0 bridgehead atoms. The number of carbonyl (C=O) groups excluding carboxylic acids is 3. The van der Waals surface area contributed by atoms with Crippen LogP contribution in [0.4, 0.5) is 0 Å². The molecule has 324 valence electrons. The van der Waals surface area contributed by atoms with Crippen molar-refractivity contribution in [2.45, 2.75) is 96.0 Å². The lowest BCUT2D eigenvalue weighted by Gasteiger charge is -2.42. The Morgan fingerprint density at radius 1 is 1.05 bits per heavy atom. The molecule has 1 aliphatic heterocycles. The van der Waals surface area contributed by atoms with Crippen LogP contribution in [-0.2, 0) is 47.0 Å². The number of aromatic amines is 1. The van der Waals surface area contributed by atoms with Crippen molar-refractivity contribution in [2.75, 3.05) is 40.1 Å². The molecule has 1 saturated heterocycles. The van der Waals surface area contributed by atoms with Gasteiger partial charge in [-0.1, -0.05) is 19.4 Å². The molecule has 3 rings (SSSR count). The molecular formula is C36H54N5O15PS. The minimum atomic E-state index is -3.30. The van der Waals surface area contributed by atoms with Crippen molar-refractivity contribution in [2.24, 2.45) is 0 Å². The number of rotatable bonds is 24. The Labute approximate surface area is 339 Å². The maximum atomic E-state index is 12.8. The van der Waals surface area contributed by atoms with E-state index in [0.717, 1.165) is 36.1 Å². The van der Waals surface area contributed by atoms with Crippen LogP contribution in [0.1, 0.15) is 70.1 Å². The van der Waals surface area contributed by atoms with Crippen molar-refractivity contribution in [3.63, 3.8) is 0 Å². The van der Waals surface area contributed by atoms with E-state index in [1.165, 1.54) is 26.8 Å². The smallest absolute Gasteiger partial charge is 0.335 e. The van der Waals surface area contributed by atoms with Gasteiger partial charge in [0.1, 0.15) is 31.0 Å². The number of methoxy groups -OCH3 is 1. The standard InChI is InChI=1S/C36H54N5O15PS/c1-21(2)53-20-25-31(56-57(5,50)58)32(51-4)34(54-25)41-18-23(33(48)40-36(41)49)13-14-27(45)38-16-10-7-6-9-15-37-26(44)12-8-11-17-52-35-28(39-22(3)43)30(47)29(46)24(19-42)55-35/h13-14,18,24,28-30,35,42,46-47H,1,6-12,15-17,19-20H2,2-5H3,(H,37,44)(H,38,45)(H,39,43)(H,50,58)(H,40,48,49)/b14-13+. The lowest BCUT2D eigenvalue weighted by molar-refractivity contribution is -0.270. The number of ether oxygens (including phenoxy) is 4. The number of allylic oxidation sites excluding steroid dienone is 1. The summed E-state index contributed by atoms with van der Waals surface area (Å²) in [4.78, 5) is 74.1. The fourth-order valence-electron chi connectivity index (χ4n) is 5.63. The van der Waals surface area contributed by atoms with Crippen LogP contribution in [-0.4, -0.2) is 118 Å². The van der Waals surface area contributed by atoms with Gasteiger partial charge in [-0.15, -0.1) is 0 Å². The van der Waals surface area contributed by atoms with Crippen LogP contribution >= 0.6 is 6.49 Å². The van der Waals surface area contributed by atoms with Crippen LogP contribution in [0, 0.1) is 0 Å². The van der Waals surface area contributed by atoms with Crippen molar-refractivity contribution in [3.05, 3.63) is 56.8 Å². The second-order valence-electron chi connectivity index (χ2n) is 13.4. The summed E-state index contributed by atoms with van der Waals surface area (Å²) in [6.45, 7) is 4.79. The highest BCUT2D eigenvalue weighted by molar-refractivity contribution is 8.09. The number of nitrogens with one attached hydrogen (secondary N) is 4. The number of aliphatic hydroxyl groups excluding tert-OH is 3. The van der Waals surface area contributed by atoms with Gasteiger partial charge in [0.2, 0.25) is 35.7 Å². The molecule has 6 atom stereocenters. The Hall–Kier alpha value is -4.34. The molecular weight excluding hydrogens is 805 g/mol. The molecule has 58 heavy (non-hydrogen) atoms. The quantitative estimate of drug-likeness (QED) is 0.0307. The van der Waals surface area contributed by atoms with E-state index in [-0.39, 0.29) is 54.2 Å². The fourth-order valence-corrected chi connectivity index (χ4v) is 6.38. The summed E-state index contributed by atoms with van der Waals surface area (Å²) in [5.74, 6) is -1.04. The number of H-pyrrole nitrogens is 1. The monoisotopic (exact) mass is 859 g/mol. The predicted molar refractivity (Wildman–Crippen MR) is 213 cm³/mol. The number of unbranched alkanes of at least 4 members (excludes halogenated alkanes) is 4. The average Bonchev–Trinajstić information content (AvgIpc) is 3.48. The van der Waals surface area contributed by atoms with Crippen molar-refractivity contribution >= 4 is 42.1 Å². The summed E-state index contributed by atoms with van der Waals surface area (Å²) in [7, 11) is 1.28. The first-order chi connectivity index (χ1) is 27.4. The minimum absolute atomic E-state index is 0.0333. The zero-order chi connectivity index (χ0) is 43.0. The van der Waals surface area contributed by atoms with Crippen molar-refractivity contribution in [3.8, 4) is 17.4 Å². The molecule has 0 spiro atoms. The predicted octanol–water partition coefficient (Wildman–Crippen LogP) is 0.425. The fraction of sp³-hybridized carbons (Fsp3) is 0.583. The van der Waals surface area contributed by atoms with E-state index in [4.69, 9.17) is 39.7 Å². The van der Waals surface area contributed by atoms with Crippen LogP contribution in [0.2, 0.25) is 0 Å². The average molecular weight is 860 g/mol. The van der Waals surface area contributed by atoms with E-state index >= 15 is 0 Å². The summed E-state index contributed by atoms with van der Waals surface area (Å²) < 4.78 is 34.3. The van der Waals surface area contributed by atoms with Crippen LogP contribution < -0.4 is 36.5 Å². The Morgan fingerprint density at radius 3 is 2.36 bits per heavy atom. The van der Waals surface area contributed by atoms with Gasteiger partial charge in [-0.05, 0) is 50.5 Å². The zero-order valence-electron chi connectivity index (χ0n) is 32.9. The summed E-state index contributed by atoms with van der Waals surface area (Å²) in [6.07, 6.45) is 2.82. The van der Waals surface area contributed by atoms with E-state index in [0.29, 0.717) is 38.1 Å². The topological polar surface area (TPSA) is 282 Å². The van der Waals surface area contributed by atoms with Crippen LogP contribution in [0.25, 0.3) is 12.0 Å². The van der Waals surface area contributed by atoms with Crippen molar-refractivity contribution in [1.82, 2.24) is 25.5 Å². The third kappa shape index (κ3) is 15.1. The summed E-state index contributed by atoms with van der Waals surface area (Å²) in [5, 5.41) is 37.9. The highest BCUT2D eigenvalue weighted by Gasteiger charge is 2.45. The number of nitrogens with zero attached hydrogens (tertiary/aromatic N) is 1. The number of aromatic nitrogens is 2. The van der Waals surface area contributed by atoms with E-state index in [1.54, 1.807) is 6.92 Å². The molecule has 0 aromatic carbocycles. The lowest BCUT2D eigenvalue weighted by atomic mass is 9.97. The van der Waals surface area contributed by atoms with Gasteiger partial charge in [0.15, 0.2) is 12.1 Å². The number of carbonyl (C=O) groups is 3. The summed E-state index contributed by atoms with van der Waals surface area (Å²) in [5.41, 5.74) is -1.70. The molecule has 1 fully saturated rings. The molecule has 20 nitrogen and oxygen atoms in total. The molecule has 0 radical (unpaired) electrons. The number of amides is 3. The highest BCUT2D eigenvalue weighted by atomic mass is 32.5. The molecule has 22 heteroatoms. The van der Waals surface area contributed by atoms with E-state index < -0.39 is 66.8 Å². The van der Waals surface area contributed by atoms with Gasteiger partial charge in [-0.3, -0.25) is 24.2 Å². The van der Waals surface area contributed by atoms with Crippen molar-refractivity contribution in [1.29, 1.82) is 0 Å². The summed E-state index contributed by atoms with van der Waals surface area (Å²) >= 11 is 5.02. The third-order valence-electron chi connectivity index (χ3n) is 8.45. The van der Waals surface area contributed by atoms with Gasteiger partial charge in [0, 0.05) is 52.0 Å². The Balaban J connectivity index is 1.38. The van der Waals surface area contributed by atoms with E-state index in [9.17, 15) is 44.2 Å². The maximum absolute atomic E-state index is 12.8. The number of aliphatic hydroxyl groups is 3. The van der Waals surface area contributed by atoms with Crippen LogP contribution in [0.15, 0.2) is 38.6 Å². The van der Waals surface area contributed by atoms with Gasteiger partial charge in [0.25, 0.3) is 11.4 Å². The number of hydrogen-bond donors (Lipinski definition) is 8. The maximum Gasteiger partial charge on any atom is 0.335 e. The second-order valence-corrected chi connectivity index (χ2v) is 17.3. The number of furan rings is 1. The first kappa shape index (κ1) is 48.0. The molecule has 3 heterocycles. The molecule has 6 unspecified atom stereocenters. The van der Waals surface area contributed by atoms with Crippen LogP contribution in [0.3, 0.4) is 0 Å². The molecule has 2 aromatic rings. The Bertz CT molecular complexity index is 1910. The van der Waals surface area contributed by atoms with Gasteiger partial charge in [-0.25, -0.2) is 9.36 Å². The Kier molecular flexibility index (Phi) is 19.3. The second kappa shape index (κ2) is 23.3. The lowest BCUT2D eigenvalue weighted by Crippen LogP contribution is -2.64. The van der Waals surface area contributed by atoms with Gasteiger partial charge in [0.05, 0.1) is 25.0 Å². The molecule has 0 saturated carbocycles. The highest BCUT2D eigenvalue weighted by Crippen LogP contribution is 2.48. The van der Waals surface area contributed by atoms with Gasteiger partial charge in [-0.2, -0.15) is 0 Å². The molecule has 1 aliphatic rings. The van der Waals surface area contributed by atoms with Gasteiger partial charge >= 0.3 is 5.69 Å². The molecule has 8 N–H and O–H groups in total. The van der Waals surface area contributed by atoms with Crippen LogP contribution in [0.5, 0.6) is 11.5 Å².